The molecule has 3 nitrogen and oxygen atoms in total. The van der Waals surface area contributed by atoms with Crippen molar-refractivity contribution in [3.8, 4) is 0 Å². The molecule has 0 bridgehead atoms. The van der Waals surface area contributed by atoms with Crippen LogP contribution in [-0.2, 0) is 11.3 Å². The molecule has 0 amide bonds. The molecule has 0 saturated carbocycles. The van der Waals surface area contributed by atoms with Gasteiger partial charge in [-0.2, -0.15) is 0 Å². The summed E-state index contributed by atoms with van der Waals surface area (Å²) >= 11 is 6.19. The van der Waals surface area contributed by atoms with Crippen molar-refractivity contribution in [1.29, 1.82) is 0 Å². The van der Waals surface area contributed by atoms with Gasteiger partial charge in [-0.1, -0.05) is 17.7 Å². The molecular formula is C13H19ClN2O. The molecule has 1 unspecified atom stereocenters. The van der Waals surface area contributed by atoms with Gasteiger partial charge in [0.25, 0.3) is 0 Å². The molecule has 2 N–H and O–H groups in total. The first kappa shape index (κ1) is 12.7. The Bertz CT molecular complexity index is 384. The van der Waals surface area contributed by atoms with Crippen LogP contribution in [-0.4, -0.2) is 25.8 Å². The van der Waals surface area contributed by atoms with Gasteiger partial charge in [-0.3, -0.25) is 0 Å². The second-order valence-electron chi connectivity index (χ2n) is 4.46. The standard InChI is InChI=1S/C13H19ClN2O/c1-10-9-16(5-2-6-17-10)12-4-3-11(8-15)13(14)7-12/h3-4,7,10H,2,5-6,8-9,15H2,1H3. The zero-order valence-electron chi connectivity index (χ0n) is 10.2. The van der Waals surface area contributed by atoms with Gasteiger partial charge in [0.05, 0.1) is 6.10 Å². The molecule has 1 fully saturated rings. The Morgan fingerprint density at radius 1 is 1.53 bits per heavy atom. The topological polar surface area (TPSA) is 38.5 Å². The molecule has 17 heavy (non-hydrogen) atoms. The number of halogens is 1. The average Bonchev–Trinajstić information content (AvgIpc) is 2.54. The maximum Gasteiger partial charge on any atom is 0.0721 e. The molecule has 1 saturated heterocycles. The number of hydrogen-bond donors (Lipinski definition) is 1. The highest BCUT2D eigenvalue weighted by Gasteiger charge is 2.15. The predicted molar refractivity (Wildman–Crippen MR) is 71.6 cm³/mol. The normalized spacial score (nSPS) is 21.4. The van der Waals surface area contributed by atoms with Crippen molar-refractivity contribution in [1.82, 2.24) is 0 Å². The molecule has 0 radical (unpaired) electrons. The Hall–Kier alpha value is -0.770. The average molecular weight is 255 g/mol. The second kappa shape index (κ2) is 5.71. The van der Waals surface area contributed by atoms with Crippen molar-refractivity contribution in [2.24, 2.45) is 5.73 Å². The van der Waals surface area contributed by atoms with Gasteiger partial charge in [0.15, 0.2) is 0 Å². The summed E-state index contributed by atoms with van der Waals surface area (Å²) in [4.78, 5) is 2.32. The van der Waals surface area contributed by atoms with E-state index in [0.717, 1.165) is 42.4 Å². The molecule has 2 rings (SSSR count). The Labute approximate surface area is 107 Å². The van der Waals surface area contributed by atoms with Crippen molar-refractivity contribution in [3.05, 3.63) is 28.8 Å². The summed E-state index contributed by atoms with van der Waals surface area (Å²) in [7, 11) is 0. The van der Waals surface area contributed by atoms with Crippen molar-refractivity contribution in [3.63, 3.8) is 0 Å². The van der Waals surface area contributed by atoms with Gasteiger partial charge < -0.3 is 15.4 Å². The molecule has 1 atom stereocenters. The van der Waals surface area contributed by atoms with Crippen LogP contribution in [0.3, 0.4) is 0 Å². The maximum atomic E-state index is 6.19. The van der Waals surface area contributed by atoms with Gasteiger partial charge in [0.2, 0.25) is 0 Å². The van der Waals surface area contributed by atoms with Crippen molar-refractivity contribution in [2.45, 2.75) is 26.0 Å². The zero-order chi connectivity index (χ0) is 12.3. The van der Waals surface area contributed by atoms with Gasteiger partial charge in [0, 0.05) is 37.0 Å². The highest BCUT2D eigenvalue weighted by Crippen LogP contribution is 2.24. The summed E-state index contributed by atoms with van der Waals surface area (Å²) in [5, 5.41) is 0.753. The van der Waals surface area contributed by atoms with Gasteiger partial charge in [-0.25, -0.2) is 0 Å². The minimum atomic E-state index is 0.269. The molecular weight excluding hydrogens is 236 g/mol. The van der Waals surface area contributed by atoms with E-state index < -0.39 is 0 Å². The molecule has 94 valence electrons. The highest BCUT2D eigenvalue weighted by molar-refractivity contribution is 6.31. The summed E-state index contributed by atoms with van der Waals surface area (Å²) in [6, 6.07) is 6.10. The van der Waals surface area contributed by atoms with Crippen LogP contribution in [0.1, 0.15) is 18.9 Å². The summed E-state index contributed by atoms with van der Waals surface area (Å²) < 4.78 is 5.64. The van der Waals surface area contributed by atoms with Crippen molar-refractivity contribution < 1.29 is 4.74 Å². The van der Waals surface area contributed by atoms with Gasteiger partial charge >= 0.3 is 0 Å². The molecule has 1 aliphatic rings. The number of nitrogens with two attached hydrogens (primary N) is 1. The SMILES string of the molecule is CC1CN(c2ccc(CN)c(Cl)c2)CCCO1. The number of anilines is 1. The lowest BCUT2D eigenvalue weighted by atomic mass is 10.2. The van der Waals surface area contributed by atoms with Crippen LogP contribution in [0.2, 0.25) is 5.02 Å². The Morgan fingerprint density at radius 3 is 3.06 bits per heavy atom. The van der Waals surface area contributed by atoms with Crippen molar-refractivity contribution in [2.75, 3.05) is 24.6 Å². The lowest BCUT2D eigenvalue weighted by Crippen LogP contribution is -2.30. The number of hydrogen-bond acceptors (Lipinski definition) is 3. The molecule has 1 heterocycles. The number of ether oxygens (including phenoxy) is 1. The molecule has 1 aromatic rings. The van der Waals surface area contributed by atoms with Crippen molar-refractivity contribution >= 4 is 17.3 Å². The molecule has 1 aliphatic heterocycles. The van der Waals surface area contributed by atoms with Gasteiger partial charge in [-0.05, 0) is 31.0 Å². The second-order valence-corrected chi connectivity index (χ2v) is 4.87. The molecule has 0 aliphatic carbocycles. The van der Waals surface area contributed by atoms with E-state index in [2.05, 4.69) is 17.9 Å². The zero-order valence-corrected chi connectivity index (χ0v) is 10.9. The summed E-state index contributed by atoms with van der Waals surface area (Å²) in [6.45, 7) is 5.36. The first-order chi connectivity index (χ1) is 8.20. The molecule has 4 heteroatoms. The third kappa shape index (κ3) is 3.12. The summed E-state index contributed by atoms with van der Waals surface area (Å²) in [5.41, 5.74) is 7.76. The Balaban J connectivity index is 2.17. The smallest absolute Gasteiger partial charge is 0.0721 e. The summed E-state index contributed by atoms with van der Waals surface area (Å²) in [5.74, 6) is 0. The van der Waals surface area contributed by atoms with Crippen LogP contribution >= 0.6 is 11.6 Å². The fourth-order valence-electron chi connectivity index (χ4n) is 2.13. The minimum Gasteiger partial charge on any atom is -0.377 e. The molecule has 0 aromatic heterocycles. The highest BCUT2D eigenvalue weighted by atomic mass is 35.5. The van der Waals surface area contributed by atoms with Crippen LogP contribution < -0.4 is 10.6 Å². The third-order valence-corrected chi connectivity index (χ3v) is 3.43. The van der Waals surface area contributed by atoms with E-state index in [1.807, 2.05) is 12.1 Å². The van der Waals surface area contributed by atoms with Crippen LogP contribution in [0.25, 0.3) is 0 Å². The Morgan fingerprint density at radius 2 is 2.35 bits per heavy atom. The van der Waals surface area contributed by atoms with E-state index in [0.29, 0.717) is 6.54 Å². The van der Waals surface area contributed by atoms with Crippen LogP contribution in [0, 0.1) is 0 Å². The fraction of sp³-hybridized carbons (Fsp3) is 0.538. The van der Waals surface area contributed by atoms with E-state index in [-0.39, 0.29) is 6.10 Å². The monoisotopic (exact) mass is 254 g/mol. The fourth-order valence-corrected chi connectivity index (χ4v) is 2.38. The maximum absolute atomic E-state index is 6.19. The van der Waals surface area contributed by atoms with E-state index in [4.69, 9.17) is 22.1 Å². The van der Waals surface area contributed by atoms with Gasteiger partial charge in [0.1, 0.15) is 0 Å². The largest absolute Gasteiger partial charge is 0.377 e. The van der Waals surface area contributed by atoms with Crippen LogP contribution in [0.5, 0.6) is 0 Å². The first-order valence-electron chi connectivity index (χ1n) is 6.05. The lowest BCUT2D eigenvalue weighted by molar-refractivity contribution is 0.0821. The lowest BCUT2D eigenvalue weighted by Gasteiger charge is -2.24. The van der Waals surface area contributed by atoms with E-state index in [1.165, 1.54) is 0 Å². The Kier molecular flexibility index (Phi) is 4.26. The molecule has 0 spiro atoms. The first-order valence-corrected chi connectivity index (χ1v) is 6.43. The molecule has 1 aromatic carbocycles. The van der Waals surface area contributed by atoms with E-state index in [1.54, 1.807) is 0 Å². The predicted octanol–water partition coefficient (Wildman–Crippen LogP) is 2.41. The quantitative estimate of drug-likeness (QED) is 0.881. The van der Waals surface area contributed by atoms with Crippen LogP contribution in [0.15, 0.2) is 18.2 Å². The summed E-state index contributed by atoms with van der Waals surface area (Å²) in [6.07, 6.45) is 1.33. The number of benzene rings is 1. The van der Waals surface area contributed by atoms with E-state index >= 15 is 0 Å². The van der Waals surface area contributed by atoms with Crippen LogP contribution in [0.4, 0.5) is 5.69 Å². The number of rotatable bonds is 2. The third-order valence-electron chi connectivity index (χ3n) is 3.07. The van der Waals surface area contributed by atoms with Gasteiger partial charge in [-0.15, -0.1) is 0 Å². The van der Waals surface area contributed by atoms with E-state index in [9.17, 15) is 0 Å². The number of nitrogens with zero attached hydrogens (tertiary/aromatic N) is 1. The minimum absolute atomic E-state index is 0.269.